The maximum Gasteiger partial charge on any atom is 0.234 e. The monoisotopic (exact) mass is 426 g/mol. The SMILES string of the molecule is CC1CCc2c(-c3nnc(SCC(=O)Nc4ccccc4)n3C(C)C)csc2C1. The van der Waals surface area contributed by atoms with Gasteiger partial charge in [-0.15, -0.1) is 21.5 Å². The molecule has 0 spiro atoms. The number of thioether (sulfide) groups is 1. The van der Waals surface area contributed by atoms with Crippen molar-refractivity contribution in [3.8, 4) is 11.4 Å². The number of nitrogens with zero attached hydrogens (tertiary/aromatic N) is 3. The summed E-state index contributed by atoms with van der Waals surface area (Å²) in [6.45, 7) is 6.61. The molecule has 1 aliphatic carbocycles. The van der Waals surface area contributed by atoms with Crippen LogP contribution in [-0.2, 0) is 17.6 Å². The molecule has 2 aromatic heterocycles. The lowest BCUT2D eigenvalue weighted by Gasteiger charge is -2.19. The maximum absolute atomic E-state index is 12.3. The summed E-state index contributed by atoms with van der Waals surface area (Å²) in [7, 11) is 0. The molecule has 152 valence electrons. The number of nitrogens with one attached hydrogen (secondary N) is 1. The molecule has 1 unspecified atom stereocenters. The molecule has 0 saturated carbocycles. The average molecular weight is 427 g/mol. The minimum absolute atomic E-state index is 0.0389. The predicted molar refractivity (Wildman–Crippen MR) is 121 cm³/mol. The zero-order valence-corrected chi connectivity index (χ0v) is 18.6. The Hall–Kier alpha value is -2.12. The molecule has 0 bridgehead atoms. The van der Waals surface area contributed by atoms with E-state index in [1.54, 1.807) is 0 Å². The first-order valence-electron chi connectivity index (χ1n) is 10.0. The molecular weight excluding hydrogens is 400 g/mol. The number of rotatable bonds is 6. The summed E-state index contributed by atoms with van der Waals surface area (Å²) < 4.78 is 2.17. The number of carbonyl (C=O) groups is 1. The number of thiophene rings is 1. The van der Waals surface area contributed by atoms with Crippen LogP contribution in [-0.4, -0.2) is 26.4 Å². The molecule has 1 aromatic carbocycles. The van der Waals surface area contributed by atoms with Crippen molar-refractivity contribution in [2.75, 3.05) is 11.1 Å². The zero-order valence-electron chi connectivity index (χ0n) is 17.0. The Balaban J connectivity index is 1.53. The van der Waals surface area contributed by atoms with E-state index < -0.39 is 0 Å². The Morgan fingerprint density at radius 2 is 2.10 bits per heavy atom. The third-order valence-electron chi connectivity index (χ3n) is 5.21. The molecule has 5 nitrogen and oxygen atoms in total. The van der Waals surface area contributed by atoms with Crippen LogP contribution in [0.1, 0.15) is 43.7 Å². The number of hydrogen-bond acceptors (Lipinski definition) is 5. The first-order chi connectivity index (χ1) is 14.0. The molecule has 0 fully saturated rings. The molecule has 1 aliphatic rings. The summed E-state index contributed by atoms with van der Waals surface area (Å²) in [4.78, 5) is 13.8. The van der Waals surface area contributed by atoms with Crippen LogP contribution in [0.15, 0.2) is 40.9 Å². The standard InChI is InChI=1S/C22H26N4OS2/c1-14(2)26-21(18-12-28-19-11-15(3)9-10-17(18)19)24-25-22(26)29-13-20(27)23-16-7-5-4-6-8-16/h4-8,12,14-15H,9-11,13H2,1-3H3,(H,23,27). The number of anilines is 1. The van der Waals surface area contributed by atoms with Crippen molar-refractivity contribution in [2.24, 2.45) is 5.92 Å². The molecule has 1 amide bonds. The van der Waals surface area contributed by atoms with E-state index >= 15 is 0 Å². The van der Waals surface area contributed by atoms with Crippen LogP contribution in [0.3, 0.4) is 0 Å². The Labute approximate surface area is 179 Å². The van der Waals surface area contributed by atoms with E-state index in [1.807, 2.05) is 41.7 Å². The van der Waals surface area contributed by atoms with E-state index in [2.05, 4.69) is 46.2 Å². The number of aromatic nitrogens is 3. The summed E-state index contributed by atoms with van der Waals surface area (Å²) in [5, 5.41) is 14.9. The first-order valence-corrected chi connectivity index (χ1v) is 11.9. The lowest BCUT2D eigenvalue weighted by atomic mass is 9.88. The van der Waals surface area contributed by atoms with Crippen LogP contribution < -0.4 is 5.32 Å². The maximum atomic E-state index is 12.3. The fourth-order valence-electron chi connectivity index (χ4n) is 3.74. The largest absolute Gasteiger partial charge is 0.325 e. The molecule has 0 aliphatic heterocycles. The van der Waals surface area contributed by atoms with Gasteiger partial charge in [-0.1, -0.05) is 36.9 Å². The fraction of sp³-hybridized carbons (Fsp3) is 0.409. The highest BCUT2D eigenvalue weighted by Gasteiger charge is 2.25. The molecule has 29 heavy (non-hydrogen) atoms. The number of para-hydroxylation sites is 1. The van der Waals surface area contributed by atoms with Gasteiger partial charge in [-0.05, 0) is 56.7 Å². The zero-order chi connectivity index (χ0) is 20.4. The molecule has 0 saturated heterocycles. The molecule has 3 aromatic rings. The van der Waals surface area contributed by atoms with Crippen molar-refractivity contribution in [1.82, 2.24) is 14.8 Å². The lowest BCUT2D eigenvalue weighted by Crippen LogP contribution is -2.15. The van der Waals surface area contributed by atoms with E-state index in [4.69, 9.17) is 0 Å². The lowest BCUT2D eigenvalue weighted by molar-refractivity contribution is -0.113. The second-order valence-corrected chi connectivity index (χ2v) is 9.78. The minimum atomic E-state index is -0.0389. The predicted octanol–water partition coefficient (Wildman–Crippen LogP) is 5.44. The van der Waals surface area contributed by atoms with Gasteiger partial charge in [0.1, 0.15) is 0 Å². The Bertz CT molecular complexity index is 994. The van der Waals surface area contributed by atoms with Crippen LogP contribution in [0.4, 0.5) is 5.69 Å². The summed E-state index contributed by atoms with van der Waals surface area (Å²) in [5.41, 5.74) is 3.47. The highest BCUT2D eigenvalue weighted by atomic mass is 32.2. The van der Waals surface area contributed by atoms with Crippen LogP contribution in [0.5, 0.6) is 0 Å². The van der Waals surface area contributed by atoms with Crippen molar-refractivity contribution < 1.29 is 4.79 Å². The van der Waals surface area contributed by atoms with Gasteiger partial charge in [-0.3, -0.25) is 9.36 Å². The molecule has 7 heteroatoms. The second kappa shape index (κ2) is 8.71. The van der Waals surface area contributed by atoms with Crippen molar-refractivity contribution in [2.45, 2.75) is 51.2 Å². The molecule has 4 rings (SSSR count). The molecule has 0 radical (unpaired) electrons. The second-order valence-electron chi connectivity index (χ2n) is 7.87. The fourth-order valence-corrected chi connectivity index (χ4v) is 5.85. The highest BCUT2D eigenvalue weighted by molar-refractivity contribution is 7.99. The minimum Gasteiger partial charge on any atom is -0.325 e. The van der Waals surface area contributed by atoms with E-state index in [0.717, 1.165) is 35.4 Å². The van der Waals surface area contributed by atoms with Gasteiger partial charge < -0.3 is 5.32 Å². The molecule has 1 N–H and O–H groups in total. The van der Waals surface area contributed by atoms with Crippen molar-refractivity contribution in [3.63, 3.8) is 0 Å². The van der Waals surface area contributed by atoms with Gasteiger partial charge in [-0.2, -0.15) is 0 Å². The van der Waals surface area contributed by atoms with Gasteiger partial charge in [0.2, 0.25) is 5.91 Å². The first kappa shape index (κ1) is 20.2. The quantitative estimate of drug-likeness (QED) is 0.533. The Morgan fingerprint density at radius 1 is 1.31 bits per heavy atom. The normalized spacial score (nSPS) is 16.1. The Kier molecular flexibility index (Phi) is 6.06. The number of carbonyl (C=O) groups excluding carboxylic acids is 1. The Morgan fingerprint density at radius 3 is 2.86 bits per heavy atom. The summed E-state index contributed by atoms with van der Waals surface area (Å²) in [6.07, 6.45) is 3.51. The molecule has 1 atom stereocenters. The van der Waals surface area contributed by atoms with Gasteiger partial charge in [0.25, 0.3) is 0 Å². The van der Waals surface area contributed by atoms with Crippen LogP contribution in [0.2, 0.25) is 0 Å². The number of amides is 1. The number of fused-ring (bicyclic) bond motifs is 1. The van der Waals surface area contributed by atoms with Gasteiger partial charge in [0, 0.05) is 27.5 Å². The topological polar surface area (TPSA) is 59.8 Å². The van der Waals surface area contributed by atoms with Crippen LogP contribution >= 0.6 is 23.1 Å². The van der Waals surface area contributed by atoms with Gasteiger partial charge in [0.05, 0.1) is 5.75 Å². The van der Waals surface area contributed by atoms with Crippen molar-refractivity contribution >= 4 is 34.7 Å². The van der Waals surface area contributed by atoms with Gasteiger partial charge in [-0.25, -0.2) is 0 Å². The number of benzene rings is 1. The molecule has 2 heterocycles. The van der Waals surface area contributed by atoms with Crippen LogP contribution in [0.25, 0.3) is 11.4 Å². The molecular formula is C22H26N4OS2. The van der Waals surface area contributed by atoms with Gasteiger partial charge >= 0.3 is 0 Å². The summed E-state index contributed by atoms with van der Waals surface area (Å²) in [6, 6.07) is 9.74. The van der Waals surface area contributed by atoms with E-state index in [0.29, 0.717) is 5.75 Å². The number of hydrogen-bond donors (Lipinski definition) is 1. The van der Waals surface area contributed by atoms with Gasteiger partial charge in [0.15, 0.2) is 11.0 Å². The smallest absolute Gasteiger partial charge is 0.234 e. The van der Waals surface area contributed by atoms with Crippen molar-refractivity contribution in [3.05, 3.63) is 46.2 Å². The van der Waals surface area contributed by atoms with Crippen molar-refractivity contribution in [1.29, 1.82) is 0 Å². The summed E-state index contributed by atoms with van der Waals surface area (Å²) >= 11 is 3.29. The summed E-state index contributed by atoms with van der Waals surface area (Å²) in [5.74, 6) is 1.95. The van der Waals surface area contributed by atoms with E-state index in [1.165, 1.54) is 34.2 Å². The third-order valence-corrected chi connectivity index (χ3v) is 7.21. The highest BCUT2D eigenvalue weighted by Crippen LogP contribution is 2.39. The third kappa shape index (κ3) is 4.41. The van der Waals surface area contributed by atoms with E-state index in [9.17, 15) is 4.79 Å². The average Bonchev–Trinajstić information content (AvgIpc) is 3.30. The van der Waals surface area contributed by atoms with Crippen LogP contribution in [0, 0.1) is 5.92 Å². The van der Waals surface area contributed by atoms with E-state index in [-0.39, 0.29) is 11.9 Å².